The van der Waals surface area contributed by atoms with Gasteiger partial charge in [-0.25, -0.2) is 9.97 Å². The number of carbonyl (C=O) groups excluding carboxylic acids is 3. The van der Waals surface area contributed by atoms with E-state index in [0.717, 1.165) is 0 Å². The predicted octanol–water partition coefficient (Wildman–Crippen LogP) is 1.91. The Labute approximate surface area is 163 Å². The van der Waals surface area contributed by atoms with Gasteiger partial charge < -0.3 is 15.1 Å². The van der Waals surface area contributed by atoms with E-state index in [2.05, 4.69) is 15.3 Å². The average Bonchev–Trinajstić information content (AvgIpc) is 2.68. The Morgan fingerprint density at radius 1 is 0.964 bits per heavy atom. The number of benzene rings is 1. The summed E-state index contributed by atoms with van der Waals surface area (Å²) in [5.41, 5.74) is 2.13. The smallest absolute Gasteiger partial charge is 0.274 e. The van der Waals surface area contributed by atoms with Crippen molar-refractivity contribution in [1.29, 1.82) is 0 Å². The van der Waals surface area contributed by atoms with Gasteiger partial charge in [0.2, 0.25) is 11.9 Å². The van der Waals surface area contributed by atoms with Crippen LogP contribution < -0.4 is 10.2 Å². The van der Waals surface area contributed by atoms with Crippen LogP contribution >= 0.6 is 0 Å². The molecule has 28 heavy (non-hydrogen) atoms. The van der Waals surface area contributed by atoms with E-state index >= 15 is 0 Å². The molecule has 2 heterocycles. The summed E-state index contributed by atoms with van der Waals surface area (Å²) in [6.07, 6.45) is 0. The van der Waals surface area contributed by atoms with Crippen LogP contribution in [0.4, 0.5) is 11.6 Å². The zero-order valence-electron chi connectivity index (χ0n) is 16.2. The number of amides is 2. The van der Waals surface area contributed by atoms with Crippen LogP contribution in [-0.2, 0) is 4.79 Å². The second-order valence-corrected chi connectivity index (χ2v) is 6.78. The van der Waals surface area contributed by atoms with E-state index in [1.54, 1.807) is 42.2 Å². The molecule has 1 saturated heterocycles. The first kappa shape index (κ1) is 19.5. The third kappa shape index (κ3) is 4.51. The van der Waals surface area contributed by atoms with E-state index in [1.165, 1.54) is 6.92 Å². The van der Waals surface area contributed by atoms with Gasteiger partial charge in [-0.2, -0.15) is 0 Å². The number of anilines is 2. The predicted molar refractivity (Wildman–Crippen MR) is 106 cm³/mol. The number of rotatable bonds is 4. The number of aryl methyl sites for hydroxylation is 1. The van der Waals surface area contributed by atoms with Gasteiger partial charge in [0, 0.05) is 50.0 Å². The lowest BCUT2D eigenvalue weighted by Gasteiger charge is -2.34. The van der Waals surface area contributed by atoms with Crippen molar-refractivity contribution >= 4 is 29.2 Å². The molecule has 1 N–H and O–H groups in total. The standard InChI is InChI=1S/C20H23N5O3/c1-13-12-18(19(28)22-17-6-4-16(5-7-17)14(2)26)23-20(21-13)25-10-8-24(9-11-25)15(3)27/h4-7,12H,8-11H2,1-3H3,(H,22,28). The molecule has 0 atom stereocenters. The molecule has 8 heteroatoms. The highest BCUT2D eigenvalue weighted by atomic mass is 16.2. The van der Waals surface area contributed by atoms with Crippen LogP contribution in [0.3, 0.4) is 0 Å². The van der Waals surface area contributed by atoms with Crippen molar-refractivity contribution in [2.24, 2.45) is 0 Å². The fraction of sp³-hybridized carbons (Fsp3) is 0.350. The van der Waals surface area contributed by atoms with Crippen LogP contribution in [0.25, 0.3) is 0 Å². The summed E-state index contributed by atoms with van der Waals surface area (Å²) in [5.74, 6) is 0.171. The molecule has 0 unspecified atom stereocenters. The number of nitrogens with one attached hydrogen (secondary N) is 1. The Hall–Kier alpha value is -3.29. The van der Waals surface area contributed by atoms with Gasteiger partial charge in [0.1, 0.15) is 5.69 Å². The number of Topliss-reactive ketones (excluding diaryl/α,β-unsaturated/α-hetero) is 1. The molecule has 2 aromatic rings. The molecule has 8 nitrogen and oxygen atoms in total. The van der Waals surface area contributed by atoms with Crippen molar-refractivity contribution in [3.05, 3.63) is 47.3 Å². The molecule has 0 radical (unpaired) electrons. The molecule has 1 aromatic carbocycles. The number of carbonyl (C=O) groups is 3. The lowest BCUT2D eigenvalue weighted by molar-refractivity contribution is -0.129. The van der Waals surface area contributed by atoms with Gasteiger partial charge in [0.05, 0.1) is 0 Å². The van der Waals surface area contributed by atoms with Gasteiger partial charge in [0.15, 0.2) is 5.78 Å². The van der Waals surface area contributed by atoms with Gasteiger partial charge in [-0.3, -0.25) is 14.4 Å². The molecule has 1 aromatic heterocycles. The number of piperazine rings is 1. The number of hydrogen-bond acceptors (Lipinski definition) is 6. The number of aromatic nitrogens is 2. The largest absolute Gasteiger partial charge is 0.339 e. The van der Waals surface area contributed by atoms with E-state index < -0.39 is 0 Å². The molecule has 1 aliphatic heterocycles. The SMILES string of the molecule is CC(=O)c1ccc(NC(=O)c2cc(C)nc(N3CCN(C(C)=O)CC3)n2)cc1. The molecular weight excluding hydrogens is 358 g/mol. The number of hydrogen-bond donors (Lipinski definition) is 1. The molecule has 1 fully saturated rings. The van der Waals surface area contributed by atoms with Crippen LogP contribution in [0.2, 0.25) is 0 Å². The lowest BCUT2D eigenvalue weighted by atomic mass is 10.1. The highest BCUT2D eigenvalue weighted by Crippen LogP contribution is 2.16. The zero-order valence-corrected chi connectivity index (χ0v) is 16.2. The van der Waals surface area contributed by atoms with Crippen molar-refractivity contribution in [3.63, 3.8) is 0 Å². The maximum absolute atomic E-state index is 12.6. The van der Waals surface area contributed by atoms with Crippen molar-refractivity contribution in [3.8, 4) is 0 Å². The first-order chi connectivity index (χ1) is 13.3. The molecule has 146 valence electrons. The normalized spacial score (nSPS) is 14.0. The lowest BCUT2D eigenvalue weighted by Crippen LogP contribution is -2.48. The Balaban J connectivity index is 1.73. The van der Waals surface area contributed by atoms with Crippen molar-refractivity contribution in [2.75, 3.05) is 36.4 Å². The highest BCUT2D eigenvalue weighted by molar-refractivity contribution is 6.03. The van der Waals surface area contributed by atoms with E-state index in [1.807, 2.05) is 11.8 Å². The minimum Gasteiger partial charge on any atom is -0.339 e. The molecule has 0 bridgehead atoms. The monoisotopic (exact) mass is 381 g/mol. The minimum absolute atomic E-state index is 0.0289. The van der Waals surface area contributed by atoms with Crippen molar-refractivity contribution in [2.45, 2.75) is 20.8 Å². The fourth-order valence-corrected chi connectivity index (χ4v) is 3.02. The van der Waals surface area contributed by atoms with Crippen LogP contribution in [0.1, 0.15) is 40.4 Å². The molecule has 0 saturated carbocycles. The highest BCUT2D eigenvalue weighted by Gasteiger charge is 2.22. The summed E-state index contributed by atoms with van der Waals surface area (Å²) >= 11 is 0. The topological polar surface area (TPSA) is 95.5 Å². The van der Waals surface area contributed by atoms with Crippen LogP contribution in [-0.4, -0.2) is 58.6 Å². The number of ketones is 1. The molecule has 0 aliphatic carbocycles. The van der Waals surface area contributed by atoms with E-state index in [0.29, 0.717) is 49.1 Å². The summed E-state index contributed by atoms with van der Waals surface area (Å²) in [5, 5.41) is 2.79. The summed E-state index contributed by atoms with van der Waals surface area (Å²) in [6, 6.07) is 8.34. The van der Waals surface area contributed by atoms with Crippen LogP contribution in [0.5, 0.6) is 0 Å². The van der Waals surface area contributed by atoms with Crippen molar-refractivity contribution < 1.29 is 14.4 Å². The second-order valence-electron chi connectivity index (χ2n) is 6.78. The van der Waals surface area contributed by atoms with Gasteiger partial charge >= 0.3 is 0 Å². The third-order valence-corrected chi connectivity index (χ3v) is 4.63. The fourth-order valence-electron chi connectivity index (χ4n) is 3.02. The maximum atomic E-state index is 12.6. The maximum Gasteiger partial charge on any atom is 0.274 e. The van der Waals surface area contributed by atoms with Gasteiger partial charge in [-0.1, -0.05) is 0 Å². The molecular formula is C20H23N5O3. The van der Waals surface area contributed by atoms with E-state index in [-0.39, 0.29) is 23.3 Å². The molecule has 0 spiro atoms. The van der Waals surface area contributed by atoms with Crippen LogP contribution in [0, 0.1) is 6.92 Å². The molecule has 3 rings (SSSR count). The summed E-state index contributed by atoms with van der Waals surface area (Å²) in [7, 11) is 0. The first-order valence-corrected chi connectivity index (χ1v) is 9.12. The van der Waals surface area contributed by atoms with Gasteiger partial charge in [-0.15, -0.1) is 0 Å². The summed E-state index contributed by atoms with van der Waals surface area (Å²) in [4.78, 5) is 48.1. The van der Waals surface area contributed by atoms with E-state index in [4.69, 9.17) is 0 Å². The van der Waals surface area contributed by atoms with Gasteiger partial charge in [-0.05, 0) is 44.2 Å². The van der Waals surface area contributed by atoms with E-state index in [9.17, 15) is 14.4 Å². The molecule has 1 aliphatic rings. The van der Waals surface area contributed by atoms with Crippen molar-refractivity contribution in [1.82, 2.24) is 14.9 Å². The molecule has 2 amide bonds. The zero-order chi connectivity index (χ0) is 20.3. The summed E-state index contributed by atoms with van der Waals surface area (Å²) in [6.45, 7) is 7.33. The van der Waals surface area contributed by atoms with Crippen LogP contribution in [0.15, 0.2) is 30.3 Å². The first-order valence-electron chi connectivity index (χ1n) is 9.12. The summed E-state index contributed by atoms with van der Waals surface area (Å²) < 4.78 is 0. The Bertz CT molecular complexity index is 903. The average molecular weight is 381 g/mol. The Morgan fingerprint density at radius 2 is 1.61 bits per heavy atom. The number of nitrogens with zero attached hydrogens (tertiary/aromatic N) is 4. The minimum atomic E-state index is -0.343. The quantitative estimate of drug-likeness (QED) is 0.813. The van der Waals surface area contributed by atoms with Gasteiger partial charge in [0.25, 0.3) is 5.91 Å². The Morgan fingerprint density at radius 3 is 2.18 bits per heavy atom. The second kappa shape index (κ2) is 8.16. The third-order valence-electron chi connectivity index (χ3n) is 4.63. The Kier molecular flexibility index (Phi) is 5.67.